The molecule has 2 atom stereocenters. The van der Waals surface area contributed by atoms with Crippen LogP contribution in [0.15, 0.2) is 48.5 Å². The summed E-state index contributed by atoms with van der Waals surface area (Å²) in [4.78, 5) is 41.6. The molecule has 5 nitrogen and oxygen atoms in total. The van der Waals surface area contributed by atoms with Gasteiger partial charge in [0.25, 0.3) is 11.8 Å². The first-order valence-corrected chi connectivity index (χ1v) is 7.51. The minimum atomic E-state index is -0.636. The van der Waals surface area contributed by atoms with E-state index in [0.717, 1.165) is 5.56 Å². The van der Waals surface area contributed by atoms with E-state index in [2.05, 4.69) is 0 Å². The first-order valence-electron chi connectivity index (χ1n) is 7.51. The summed E-state index contributed by atoms with van der Waals surface area (Å²) in [6.45, 7) is 0. The Balaban J connectivity index is 1.46. The van der Waals surface area contributed by atoms with Crippen molar-refractivity contribution in [2.75, 3.05) is 0 Å². The van der Waals surface area contributed by atoms with Crippen molar-refractivity contribution in [3.8, 4) is 0 Å². The summed E-state index contributed by atoms with van der Waals surface area (Å²) in [6, 6.07) is 12.2. The molecule has 1 aliphatic carbocycles. The molecule has 0 radical (unpaired) electrons. The summed E-state index contributed by atoms with van der Waals surface area (Å²) in [5, 5.41) is 0.521. The molecule has 0 N–H and O–H groups in total. The molecule has 2 aromatic carbocycles. The van der Waals surface area contributed by atoms with Gasteiger partial charge in [0.15, 0.2) is 0 Å². The van der Waals surface area contributed by atoms with E-state index in [9.17, 15) is 18.8 Å². The summed E-state index contributed by atoms with van der Waals surface area (Å²) in [5.74, 6) is -2.75. The van der Waals surface area contributed by atoms with Crippen molar-refractivity contribution in [1.82, 2.24) is 5.06 Å². The van der Waals surface area contributed by atoms with Crippen molar-refractivity contribution in [3.63, 3.8) is 0 Å². The van der Waals surface area contributed by atoms with Crippen molar-refractivity contribution in [1.29, 1.82) is 0 Å². The molecule has 0 aromatic heterocycles. The van der Waals surface area contributed by atoms with E-state index in [-0.39, 0.29) is 22.9 Å². The van der Waals surface area contributed by atoms with Crippen molar-refractivity contribution >= 4 is 17.8 Å². The van der Waals surface area contributed by atoms with Gasteiger partial charge in [-0.2, -0.15) is 0 Å². The van der Waals surface area contributed by atoms with Gasteiger partial charge in [0.2, 0.25) is 0 Å². The van der Waals surface area contributed by atoms with Crippen molar-refractivity contribution in [3.05, 3.63) is 71.0 Å². The molecule has 0 bridgehead atoms. The maximum atomic E-state index is 12.9. The third-order valence-corrected chi connectivity index (χ3v) is 4.33. The van der Waals surface area contributed by atoms with Crippen LogP contribution in [0.5, 0.6) is 0 Å². The number of imide groups is 1. The van der Waals surface area contributed by atoms with Gasteiger partial charge in [0.05, 0.1) is 17.0 Å². The predicted octanol–water partition coefficient (Wildman–Crippen LogP) is 2.68. The molecular formula is C18H12FNO4. The normalized spacial score (nSPS) is 21.6. The van der Waals surface area contributed by atoms with Crippen LogP contribution in [0.4, 0.5) is 4.39 Å². The number of carbonyl (C=O) groups excluding carboxylic acids is 3. The Kier molecular flexibility index (Phi) is 3.19. The van der Waals surface area contributed by atoms with Crippen LogP contribution in [-0.4, -0.2) is 22.8 Å². The van der Waals surface area contributed by atoms with Crippen LogP contribution in [0.1, 0.15) is 38.6 Å². The molecule has 6 heteroatoms. The Morgan fingerprint density at radius 1 is 1.00 bits per heavy atom. The topological polar surface area (TPSA) is 63.7 Å². The number of benzene rings is 2. The van der Waals surface area contributed by atoms with E-state index in [1.54, 1.807) is 24.3 Å². The van der Waals surface area contributed by atoms with Gasteiger partial charge >= 0.3 is 5.97 Å². The Bertz CT molecular complexity index is 827. The second-order valence-corrected chi connectivity index (χ2v) is 5.86. The molecule has 0 spiro atoms. The molecule has 1 fully saturated rings. The highest BCUT2D eigenvalue weighted by Crippen LogP contribution is 2.48. The van der Waals surface area contributed by atoms with Gasteiger partial charge in [-0.15, -0.1) is 0 Å². The van der Waals surface area contributed by atoms with Crippen LogP contribution < -0.4 is 0 Å². The lowest BCUT2D eigenvalue weighted by Gasteiger charge is -2.12. The minimum Gasteiger partial charge on any atom is -0.329 e. The van der Waals surface area contributed by atoms with Crippen molar-refractivity contribution < 1.29 is 23.6 Å². The summed E-state index contributed by atoms with van der Waals surface area (Å²) >= 11 is 0. The van der Waals surface area contributed by atoms with Crippen LogP contribution in [0, 0.1) is 11.7 Å². The maximum Gasteiger partial charge on any atom is 0.336 e. The van der Waals surface area contributed by atoms with Crippen molar-refractivity contribution in [2.45, 2.75) is 12.3 Å². The Labute approximate surface area is 136 Å². The summed E-state index contributed by atoms with van der Waals surface area (Å²) < 4.78 is 12.9. The Morgan fingerprint density at radius 2 is 1.58 bits per heavy atom. The maximum absolute atomic E-state index is 12.9. The highest BCUT2D eigenvalue weighted by Gasteiger charge is 2.48. The molecule has 2 amide bonds. The number of rotatable bonds is 3. The molecule has 1 heterocycles. The van der Waals surface area contributed by atoms with Crippen LogP contribution in [0.25, 0.3) is 0 Å². The van der Waals surface area contributed by atoms with Crippen LogP contribution >= 0.6 is 0 Å². The molecule has 0 unspecified atom stereocenters. The first-order chi connectivity index (χ1) is 11.6. The zero-order chi connectivity index (χ0) is 16.8. The number of carbonyl (C=O) groups is 3. The highest BCUT2D eigenvalue weighted by atomic mass is 19.1. The lowest BCUT2D eigenvalue weighted by molar-refractivity contribution is -0.170. The number of hydroxylamine groups is 2. The molecule has 1 saturated carbocycles. The van der Waals surface area contributed by atoms with E-state index in [1.165, 1.54) is 24.3 Å². The van der Waals surface area contributed by atoms with Crippen LogP contribution in [0.2, 0.25) is 0 Å². The second-order valence-electron chi connectivity index (χ2n) is 5.86. The van der Waals surface area contributed by atoms with Gasteiger partial charge in [-0.05, 0) is 42.2 Å². The predicted molar refractivity (Wildman–Crippen MR) is 80.3 cm³/mol. The van der Waals surface area contributed by atoms with Crippen molar-refractivity contribution in [2.24, 2.45) is 5.92 Å². The average Bonchev–Trinajstić information content (AvgIpc) is 3.36. The second kappa shape index (κ2) is 5.26. The van der Waals surface area contributed by atoms with Gasteiger partial charge in [0.1, 0.15) is 5.82 Å². The molecule has 0 saturated heterocycles. The lowest BCUT2D eigenvalue weighted by Crippen LogP contribution is -2.33. The lowest BCUT2D eigenvalue weighted by atomic mass is 10.1. The molecule has 2 aliphatic rings. The van der Waals surface area contributed by atoms with Gasteiger partial charge in [-0.25, -0.2) is 9.18 Å². The van der Waals surface area contributed by atoms with Crippen LogP contribution in [0.3, 0.4) is 0 Å². The van der Waals surface area contributed by atoms with E-state index >= 15 is 0 Å². The molecule has 4 rings (SSSR count). The number of fused-ring (bicyclic) bond motifs is 1. The molecule has 1 aliphatic heterocycles. The fourth-order valence-electron chi connectivity index (χ4n) is 2.94. The number of halogens is 1. The quantitative estimate of drug-likeness (QED) is 0.814. The van der Waals surface area contributed by atoms with Gasteiger partial charge in [-0.1, -0.05) is 29.3 Å². The summed E-state index contributed by atoms with van der Waals surface area (Å²) in [7, 11) is 0. The monoisotopic (exact) mass is 325 g/mol. The standard InChI is InChI=1S/C18H12FNO4/c19-11-7-5-10(6-8-11)14-9-15(14)18(23)24-20-16(21)12-3-1-2-4-13(12)17(20)22/h1-8,14-15H,9H2/t14-,15+/m0/s1. The van der Waals surface area contributed by atoms with Gasteiger partial charge < -0.3 is 4.84 Å². The molecule has 24 heavy (non-hydrogen) atoms. The SMILES string of the molecule is O=C(ON1C(=O)c2ccccc2C1=O)[C@@H]1C[C@H]1c1ccc(F)cc1. The van der Waals surface area contributed by atoms with Gasteiger partial charge in [-0.3, -0.25) is 9.59 Å². The smallest absolute Gasteiger partial charge is 0.329 e. The molecular weight excluding hydrogens is 313 g/mol. The van der Waals surface area contributed by atoms with Crippen LogP contribution in [-0.2, 0) is 9.63 Å². The molecule has 2 aromatic rings. The van der Waals surface area contributed by atoms with E-state index in [1.807, 2.05) is 0 Å². The zero-order valence-corrected chi connectivity index (χ0v) is 12.4. The molecule has 120 valence electrons. The van der Waals surface area contributed by atoms with E-state index in [0.29, 0.717) is 11.5 Å². The Hall–Kier alpha value is -3.02. The number of amides is 2. The highest BCUT2D eigenvalue weighted by molar-refractivity contribution is 6.20. The zero-order valence-electron chi connectivity index (χ0n) is 12.4. The fraction of sp³-hybridized carbons (Fsp3) is 0.167. The number of nitrogens with zero attached hydrogens (tertiary/aromatic N) is 1. The third-order valence-electron chi connectivity index (χ3n) is 4.33. The number of hydrogen-bond acceptors (Lipinski definition) is 4. The Morgan fingerprint density at radius 3 is 2.17 bits per heavy atom. The van der Waals surface area contributed by atoms with E-state index < -0.39 is 23.7 Å². The average molecular weight is 325 g/mol. The fourth-order valence-corrected chi connectivity index (χ4v) is 2.94. The van der Waals surface area contributed by atoms with Gasteiger partial charge in [0, 0.05) is 0 Å². The third kappa shape index (κ3) is 2.27. The minimum absolute atomic E-state index is 0.0757. The summed E-state index contributed by atoms with van der Waals surface area (Å²) in [5.41, 5.74) is 1.28. The first kappa shape index (κ1) is 14.6. The number of hydrogen-bond donors (Lipinski definition) is 0. The summed E-state index contributed by atoms with van der Waals surface area (Å²) in [6.07, 6.45) is 0.549. The van der Waals surface area contributed by atoms with E-state index in [4.69, 9.17) is 4.84 Å². The largest absolute Gasteiger partial charge is 0.336 e.